The third-order valence-corrected chi connectivity index (χ3v) is 4.89. The summed E-state index contributed by atoms with van der Waals surface area (Å²) in [6, 6.07) is -0.198. The normalized spacial score (nSPS) is 35.1. The van der Waals surface area contributed by atoms with Crippen LogP contribution in [-0.2, 0) is 20.4 Å². The number of hydrogen-bond donors (Lipinski definition) is 2. The first-order chi connectivity index (χ1) is 8.90. The fourth-order valence-corrected chi connectivity index (χ4v) is 4.04. The molecule has 0 aromatic rings. The molecule has 1 fully saturated rings. The summed E-state index contributed by atoms with van der Waals surface area (Å²) in [5.41, 5.74) is 0. The highest BCUT2D eigenvalue weighted by Gasteiger charge is 2.51. The number of carboxylic acids is 1. The number of nitrogens with one attached hydrogen (secondary N) is 1. The van der Waals surface area contributed by atoms with Gasteiger partial charge in [0.25, 0.3) is 0 Å². The Labute approximate surface area is 114 Å². The van der Waals surface area contributed by atoms with E-state index in [1.165, 1.54) is 0 Å². The van der Waals surface area contributed by atoms with Gasteiger partial charge in [0.05, 0.1) is 11.8 Å². The molecule has 0 spiro atoms. The number of carboxylic acid groups (broad SMARTS) is 1. The largest absolute Gasteiger partial charge is 0.481 e. The molecule has 0 heterocycles. The molecule has 6 unspecified atom stereocenters. The van der Waals surface area contributed by atoms with Crippen LogP contribution in [0.5, 0.6) is 0 Å². The second-order valence-electron chi connectivity index (χ2n) is 5.49. The minimum atomic E-state index is -0.978. The molecule has 0 saturated heterocycles. The molecule has 106 valence electrons. The maximum atomic E-state index is 12.2. The average Bonchev–Trinajstić information content (AvgIpc) is 2.86. The van der Waals surface area contributed by atoms with Gasteiger partial charge in [-0.15, -0.1) is 0 Å². The molecule has 2 bridgehead atoms. The minimum Gasteiger partial charge on any atom is -0.481 e. The molecular weight excluding hydrogens is 266 g/mol. The predicted molar refractivity (Wildman–Crippen MR) is 71.9 cm³/mol. The number of rotatable bonds is 5. The fraction of sp³-hybridized carbons (Fsp3) is 0.692. The maximum Gasteiger partial charge on any atom is 0.307 e. The molecule has 5 nitrogen and oxygen atoms in total. The number of allylic oxidation sites excluding steroid dienone is 2. The van der Waals surface area contributed by atoms with Gasteiger partial charge in [0.2, 0.25) is 5.91 Å². The first-order valence-corrected chi connectivity index (χ1v) is 8.14. The van der Waals surface area contributed by atoms with Gasteiger partial charge < -0.3 is 10.4 Å². The van der Waals surface area contributed by atoms with Crippen LogP contribution in [0.15, 0.2) is 12.2 Å². The van der Waals surface area contributed by atoms with Crippen molar-refractivity contribution in [1.82, 2.24) is 5.32 Å². The second kappa shape index (κ2) is 5.45. The van der Waals surface area contributed by atoms with Gasteiger partial charge in [-0.1, -0.05) is 12.2 Å². The average molecular weight is 285 g/mol. The van der Waals surface area contributed by atoms with Crippen molar-refractivity contribution in [3.63, 3.8) is 0 Å². The van der Waals surface area contributed by atoms with Crippen molar-refractivity contribution < 1.29 is 18.9 Å². The molecule has 19 heavy (non-hydrogen) atoms. The summed E-state index contributed by atoms with van der Waals surface area (Å²) < 4.78 is 11.1. The number of fused-ring (bicyclic) bond motifs is 2. The zero-order valence-electron chi connectivity index (χ0n) is 11.0. The van der Waals surface area contributed by atoms with Crippen molar-refractivity contribution in [3.05, 3.63) is 12.2 Å². The third-order valence-electron chi connectivity index (χ3n) is 3.92. The van der Waals surface area contributed by atoms with Crippen molar-refractivity contribution in [2.75, 3.05) is 12.0 Å². The summed E-state index contributed by atoms with van der Waals surface area (Å²) in [6.07, 6.45) is 6.21. The van der Waals surface area contributed by atoms with Gasteiger partial charge in [-0.3, -0.25) is 13.8 Å². The molecule has 0 aromatic heterocycles. The van der Waals surface area contributed by atoms with E-state index >= 15 is 0 Å². The van der Waals surface area contributed by atoms with Crippen LogP contribution in [0.2, 0.25) is 0 Å². The summed E-state index contributed by atoms with van der Waals surface area (Å²) in [6.45, 7) is 1.79. The van der Waals surface area contributed by atoms with E-state index in [0.717, 1.165) is 6.42 Å². The van der Waals surface area contributed by atoms with Crippen LogP contribution < -0.4 is 5.32 Å². The van der Waals surface area contributed by atoms with Crippen molar-refractivity contribution in [3.8, 4) is 0 Å². The Hall–Kier alpha value is -1.17. The van der Waals surface area contributed by atoms with E-state index in [1.54, 1.807) is 13.2 Å². The Morgan fingerprint density at radius 2 is 1.95 bits per heavy atom. The van der Waals surface area contributed by atoms with Gasteiger partial charge in [0, 0.05) is 28.9 Å². The van der Waals surface area contributed by atoms with Crippen molar-refractivity contribution in [2.24, 2.45) is 23.7 Å². The lowest BCUT2D eigenvalue weighted by molar-refractivity contribution is -0.147. The summed E-state index contributed by atoms with van der Waals surface area (Å²) in [5.74, 6) is -1.82. The van der Waals surface area contributed by atoms with Crippen LogP contribution in [0.3, 0.4) is 0 Å². The first kappa shape index (κ1) is 14.2. The molecular formula is C13H19NO4S. The van der Waals surface area contributed by atoms with E-state index in [4.69, 9.17) is 0 Å². The van der Waals surface area contributed by atoms with Crippen LogP contribution >= 0.6 is 0 Å². The standard InChI is InChI=1S/C13H19NO4S/c1-7(6-19(2)18)14-12(15)10-8-3-4-9(5-8)11(10)13(16)17/h3-4,7-11H,5-6H2,1-2H3,(H,14,15)(H,16,17). The predicted octanol–water partition coefficient (Wildman–Crippen LogP) is 0.393. The van der Waals surface area contributed by atoms with E-state index in [1.807, 2.05) is 12.2 Å². The maximum absolute atomic E-state index is 12.2. The zero-order valence-corrected chi connectivity index (χ0v) is 11.9. The van der Waals surface area contributed by atoms with Gasteiger partial charge in [0.15, 0.2) is 0 Å². The van der Waals surface area contributed by atoms with Gasteiger partial charge in [-0.25, -0.2) is 0 Å². The van der Waals surface area contributed by atoms with Crippen molar-refractivity contribution >= 4 is 22.7 Å². The topological polar surface area (TPSA) is 83.5 Å². The smallest absolute Gasteiger partial charge is 0.307 e. The van der Waals surface area contributed by atoms with Crippen LogP contribution in [-0.4, -0.2) is 39.2 Å². The monoisotopic (exact) mass is 285 g/mol. The van der Waals surface area contributed by atoms with Gasteiger partial charge in [-0.2, -0.15) is 0 Å². The van der Waals surface area contributed by atoms with Crippen LogP contribution in [0.1, 0.15) is 13.3 Å². The van der Waals surface area contributed by atoms with Crippen LogP contribution in [0.25, 0.3) is 0 Å². The molecule has 0 radical (unpaired) electrons. The number of aliphatic carboxylic acids is 1. The lowest BCUT2D eigenvalue weighted by atomic mass is 9.82. The van der Waals surface area contributed by atoms with Gasteiger partial charge in [0.1, 0.15) is 0 Å². The van der Waals surface area contributed by atoms with Crippen LogP contribution in [0, 0.1) is 23.7 Å². The van der Waals surface area contributed by atoms with E-state index in [9.17, 15) is 18.9 Å². The second-order valence-corrected chi connectivity index (χ2v) is 6.97. The van der Waals surface area contributed by atoms with E-state index < -0.39 is 28.6 Å². The highest BCUT2D eigenvalue weighted by molar-refractivity contribution is 7.84. The summed E-state index contributed by atoms with van der Waals surface area (Å²) in [7, 11) is -0.978. The SMILES string of the molecule is CC(CS(C)=O)NC(=O)C1C2C=CC(C2)C1C(=O)O. The molecule has 2 N–H and O–H groups in total. The Balaban J connectivity index is 2.04. The molecule has 2 rings (SSSR count). The quantitative estimate of drug-likeness (QED) is 0.716. The summed E-state index contributed by atoms with van der Waals surface area (Å²) >= 11 is 0. The lowest BCUT2D eigenvalue weighted by Gasteiger charge is -2.25. The highest BCUT2D eigenvalue weighted by Crippen LogP contribution is 2.48. The summed E-state index contributed by atoms with van der Waals surface area (Å²) in [5, 5.41) is 12.1. The Morgan fingerprint density at radius 3 is 2.47 bits per heavy atom. The van der Waals surface area contributed by atoms with E-state index in [2.05, 4.69) is 5.32 Å². The number of amides is 1. The molecule has 0 aromatic carbocycles. The molecule has 6 atom stereocenters. The van der Waals surface area contributed by atoms with Gasteiger partial charge >= 0.3 is 5.97 Å². The van der Waals surface area contributed by atoms with Crippen molar-refractivity contribution in [1.29, 1.82) is 0 Å². The Kier molecular flexibility index (Phi) is 4.08. The minimum absolute atomic E-state index is 0.0196. The zero-order chi connectivity index (χ0) is 14.2. The van der Waals surface area contributed by atoms with Gasteiger partial charge in [-0.05, 0) is 25.2 Å². The molecule has 6 heteroatoms. The fourth-order valence-electron chi connectivity index (χ4n) is 3.25. The third kappa shape index (κ3) is 2.88. The van der Waals surface area contributed by atoms with E-state index in [-0.39, 0.29) is 23.8 Å². The first-order valence-electron chi connectivity index (χ1n) is 6.41. The number of carbonyl (C=O) groups excluding carboxylic acids is 1. The number of carbonyl (C=O) groups is 2. The molecule has 1 amide bonds. The van der Waals surface area contributed by atoms with Crippen molar-refractivity contribution in [2.45, 2.75) is 19.4 Å². The Bertz CT molecular complexity index is 448. The van der Waals surface area contributed by atoms with Crippen LogP contribution in [0.4, 0.5) is 0 Å². The van der Waals surface area contributed by atoms with E-state index in [0.29, 0.717) is 5.75 Å². The molecule has 1 saturated carbocycles. The summed E-state index contributed by atoms with van der Waals surface area (Å²) in [4.78, 5) is 23.5. The number of hydrogen-bond acceptors (Lipinski definition) is 3. The Morgan fingerprint density at radius 1 is 1.37 bits per heavy atom. The molecule has 2 aliphatic carbocycles. The molecule has 2 aliphatic rings. The molecule has 0 aliphatic heterocycles. The highest BCUT2D eigenvalue weighted by atomic mass is 32.2. The lowest BCUT2D eigenvalue weighted by Crippen LogP contribution is -2.45.